The molecule has 0 fully saturated rings. The number of benzene rings is 3. The number of aromatic amines is 1. The number of hydrogen-bond donors (Lipinski definition) is 2. The summed E-state index contributed by atoms with van der Waals surface area (Å²) in [4.78, 5) is 36.7. The van der Waals surface area contributed by atoms with E-state index in [1.54, 1.807) is 24.3 Å². The van der Waals surface area contributed by atoms with Crippen molar-refractivity contribution in [2.45, 2.75) is 6.92 Å². The maximum Gasteiger partial charge on any atom is 0.337 e. The standard InChI is InChI=1S/C28H22N4O3/c1-17-21(9-6-10-23(17)32-27(33)19-7-4-3-5-8-19)25-22-15-24(31-26(22)30-16-29-25)18-11-13-20(14-12-18)28(34)35-2/h3-16H,1-2H3,(H,32,33)(H,29,30,31). The first-order valence-corrected chi connectivity index (χ1v) is 11.0. The number of aromatic nitrogens is 3. The van der Waals surface area contributed by atoms with Crippen LogP contribution in [0.2, 0.25) is 0 Å². The Balaban J connectivity index is 1.51. The number of nitrogens with zero attached hydrogens (tertiary/aromatic N) is 2. The van der Waals surface area contributed by atoms with Crippen molar-refractivity contribution in [2.75, 3.05) is 12.4 Å². The number of H-pyrrole nitrogens is 1. The van der Waals surface area contributed by atoms with E-state index in [4.69, 9.17) is 4.74 Å². The van der Waals surface area contributed by atoms with Gasteiger partial charge in [0, 0.05) is 27.9 Å². The molecule has 2 aromatic heterocycles. The number of anilines is 1. The van der Waals surface area contributed by atoms with Gasteiger partial charge in [-0.15, -0.1) is 0 Å². The van der Waals surface area contributed by atoms with Gasteiger partial charge in [-0.3, -0.25) is 4.79 Å². The van der Waals surface area contributed by atoms with Gasteiger partial charge in [-0.1, -0.05) is 42.5 Å². The number of carbonyl (C=O) groups excluding carboxylic acids is 2. The first kappa shape index (κ1) is 22.0. The number of fused-ring (bicyclic) bond motifs is 1. The second kappa shape index (κ2) is 9.23. The van der Waals surface area contributed by atoms with Crippen molar-refractivity contribution in [3.8, 4) is 22.5 Å². The monoisotopic (exact) mass is 462 g/mol. The lowest BCUT2D eigenvalue weighted by Gasteiger charge is -2.13. The third-order valence-electron chi connectivity index (χ3n) is 5.92. The Morgan fingerprint density at radius 2 is 1.66 bits per heavy atom. The molecule has 5 aromatic rings. The number of esters is 1. The molecular formula is C28H22N4O3. The molecule has 0 saturated carbocycles. The second-order valence-corrected chi connectivity index (χ2v) is 8.03. The van der Waals surface area contributed by atoms with E-state index in [9.17, 15) is 9.59 Å². The van der Waals surface area contributed by atoms with Crippen molar-refractivity contribution < 1.29 is 14.3 Å². The van der Waals surface area contributed by atoms with Crippen LogP contribution < -0.4 is 5.32 Å². The molecule has 0 radical (unpaired) electrons. The average molecular weight is 463 g/mol. The van der Waals surface area contributed by atoms with Crippen LogP contribution in [0.15, 0.2) is 85.2 Å². The summed E-state index contributed by atoms with van der Waals surface area (Å²) in [5.74, 6) is -0.547. The van der Waals surface area contributed by atoms with Crippen LogP contribution in [-0.4, -0.2) is 33.9 Å². The fraction of sp³-hybridized carbons (Fsp3) is 0.0714. The zero-order chi connectivity index (χ0) is 24.4. The largest absolute Gasteiger partial charge is 0.465 e. The van der Waals surface area contributed by atoms with Crippen molar-refractivity contribution in [1.29, 1.82) is 0 Å². The van der Waals surface area contributed by atoms with E-state index in [0.717, 1.165) is 39.2 Å². The minimum Gasteiger partial charge on any atom is -0.465 e. The normalized spacial score (nSPS) is 10.8. The summed E-state index contributed by atoms with van der Waals surface area (Å²) >= 11 is 0. The van der Waals surface area contributed by atoms with Crippen LogP contribution in [-0.2, 0) is 4.74 Å². The first-order valence-electron chi connectivity index (χ1n) is 11.0. The van der Waals surface area contributed by atoms with E-state index in [-0.39, 0.29) is 11.9 Å². The number of nitrogens with one attached hydrogen (secondary N) is 2. The number of amides is 1. The smallest absolute Gasteiger partial charge is 0.337 e. The highest BCUT2D eigenvalue weighted by atomic mass is 16.5. The summed E-state index contributed by atoms with van der Waals surface area (Å²) in [6, 6.07) is 24.0. The molecule has 0 spiro atoms. The molecule has 0 unspecified atom stereocenters. The SMILES string of the molecule is COC(=O)c1ccc(-c2cc3c(-c4cccc(NC(=O)c5ccccc5)c4C)ncnc3[nH]2)cc1. The van der Waals surface area contributed by atoms with Crippen LogP contribution in [0.25, 0.3) is 33.5 Å². The van der Waals surface area contributed by atoms with Gasteiger partial charge >= 0.3 is 5.97 Å². The molecule has 7 nitrogen and oxygen atoms in total. The molecular weight excluding hydrogens is 440 g/mol. The lowest BCUT2D eigenvalue weighted by molar-refractivity contribution is 0.0600. The molecule has 0 bridgehead atoms. The molecule has 0 aliphatic heterocycles. The summed E-state index contributed by atoms with van der Waals surface area (Å²) in [5, 5.41) is 3.86. The van der Waals surface area contributed by atoms with E-state index in [1.165, 1.54) is 13.4 Å². The average Bonchev–Trinajstić information content (AvgIpc) is 3.35. The highest BCUT2D eigenvalue weighted by molar-refractivity contribution is 6.05. The van der Waals surface area contributed by atoms with Crippen LogP contribution in [0.4, 0.5) is 5.69 Å². The van der Waals surface area contributed by atoms with E-state index in [0.29, 0.717) is 16.8 Å². The van der Waals surface area contributed by atoms with Crippen LogP contribution in [0.5, 0.6) is 0 Å². The summed E-state index contributed by atoms with van der Waals surface area (Å²) in [6.07, 6.45) is 1.52. The molecule has 7 heteroatoms. The fourth-order valence-electron chi connectivity index (χ4n) is 4.03. The molecule has 2 N–H and O–H groups in total. The molecule has 3 aromatic carbocycles. The van der Waals surface area contributed by atoms with E-state index in [2.05, 4.69) is 20.3 Å². The van der Waals surface area contributed by atoms with Gasteiger partial charge in [-0.05, 0) is 54.4 Å². The number of ether oxygens (including phenoxy) is 1. The summed E-state index contributed by atoms with van der Waals surface area (Å²) in [7, 11) is 1.36. The summed E-state index contributed by atoms with van der Waals surface area (Å²) < 4.78 is 4.77. The third kappa shape index (κ3) is 4.27. The number of hydrogen-bond acceptors (Lipinski definition) is 5. The van der Waals surface area contributed by atoms with E-state index in [1.807, 2.05) is 61.5 Å². The molecule has 172 valence electrons. The van der Waals surface area contributed by atoms with Gasteiger partial charge < -0.3 is 15.0 Å². The zero-order valence-corrected chi connectivity index (χ0v) is 19.2. The Kier molecular flexibility index (Phi) is 5.81. The van der Waals surface area contributed by atoms with Gasteiger partial charge in [0.2, 0.25) is 0 Å². The van der Waals surface area contributed by atoms with Crippen molar-refractivity contribution >= 4 is 28.6 Å². The number of rotatable bonds is 5. The molecule has 1 amide bonds. The summed E-state index contributed by atoms with van der Waals surface area (Å²) in [5.41, 5.74) is 6.81. The summed E-state index contributed by atoms with van der Waals surface area (Å²) in [6.45, 7) is 1.96. The molecule has 2 heterocycles. The number of carbonyl (C=O) groups is 2. The van der Waals surface area contributed by atoms with Crippen molar-refractivity contribution in [1.82, 2.24) is 15.0 Å². The Morgan fingerprint density at radius 1 is 0.886 bits per heavy atom. The highest BCUT2D eigenvalue weighted by Gasteiger charge is 2.16. The van der Waals surface area contributed by atoms with Gasteiger partial charge in [-0.25, -0.2) is 14.8 Å². The molecule has 0 atom stereocenters. The van der Waals surface area contributed by atoms with E-state index >= 15 is 0 Å². The topological polar surface area (TPSA) is 97.0 Å². The van der Waals surface area contributed by atoms with Gasteiger partial charge in [0.05, 0.1) is 18.4 Å². The Labute approximate surface area is 201 Å². The zero-order valence-electron chi connectivity index (χ0n) is 19.2. The van der Waals surface area contributed by atoms with Crippen LogP contribution >= 0.6 is 0 Å². The minimum atomic E-state index is -0.379. The molecule has 5 rings (SSSR count). The van der Waals surface area contributed by atoms with Crippen molar-refractivity contribution in [3.63, 3.8) is 0 Å². The van der Waals surface area contributed by atoms with Gasteiger partial charge in [0.15, 0.2) is 0 Å². The molecule has 35 heavy (non-hydrogen) atoms. The predicted octanol–water partition coefficient (Wildman–Crippen LogP) is 5.64. The van der Waals surface area contributed by atoms with Gasteiger partial charge in [-0.2, -0.15) is 0 Å². The molecule has 0 aliphatic rings. The minimum absolute atomic E-state index is 0.169. The Hall–Kier alpha value is -4.78. The van der Waals surface area contributed by atoms with Crippen molar-refractivity contribution in [2.24, 2.45) is 0 Å². The lowest BCUT2D eigenvalue weighted by atomic mass is 10.0. The lowest BCUT2D eigenvalue weighted by Crippen LogP contribution is -2.12. The first-order chi connectivity index (χ1) is 17.0. The number of methoxy groups -OCH3 is 1. The predicted molar refractivity (Wildman–Crippen MR) is 135 cm³/mol. The van der Waals surface area contributed by atoms with Gasteiger partial charge in [0.25, 0.3) is 5.91 Å². The van der Waals surface area contributed by atoms with Gasteiger partial charge in [0.1, 0.15) is 12.0 Å². The van der Waals surface area contributed by atoms with Crippen LogP contribution in [0.3, 0.4) is 0 Å². The van der Waals surface area contributed by atoms with Crippen LogP contribution in [0.1, 0.15) is 26.3 Å². The highest BCUT2D eigenvalue weighted by Crippen LogP contribution is 2.34. The Morgan fingerprint density at radius 3 is 2.40 bits per heavy atom. The van der Waals surface area contributed by atoms with Crippen molar-refractivity contribution in [3.05, 3.63) is 102 Å². The Bertz CT molecular complexity index is 1540. The quantitative estimate of drug-likeness (QED) is 0.330. The third-order valence-corrected chi connectivity index (χ3v) is 5.92. The maximum absolute atomic E-state index is 12.7. The molecule has 0 saturated heterocycles. The van der Waals surface area contributed by atoms with Crippen LogP contribution in [0, 0.1) is 6.92 Å². The maximum atomic E-state index is 12.7. The van der Waals surface area contributed by atoms with E-state index < -0.39 is 0 Å². The fourth-order valence-corrected chi connectivity index (χ4v) is 4.03. The molecule has 0 aliphatic carbocycles. The second-order valence-electron chi connectivity index (χ2n) is 8.03.